The predicted octanol–water partition coefficient (Wildman–Crippen LogP) is 5.05. The maximum absolute atomic E-state index is 13.2. The summed E-state index contributed by atoms with van der Waals surface area (Å²) in [6, 6.07) is 22.7. The highest BCUT2D eigenvalue weighted by Gasteiger charge is 2.45. The number of rotatable bonds is 20. The van der Waals surface area contributed by atoms with Crippen molar-refractivity contribution in [1.82, 2.24) is 14.5 Å². The van der Waals surface area contributed by atoms with Crippen LogP contribution in [0.25, 0.3) is 4.85 Å². The van der Waals surface area contributed by atoms with Crippen LogP contribution in [0, 0.1) is 13.5 Å². The van der Waals surface area contributed by atoms with Gasteiger partial charge in [0.2, 0.25) is 13.0 Å². The second kappa shape index (κ2) is 20.3. The number of H-pyrrole nitrogens is 1. The molecule has 6 unspecified atom stereocenters. The average Bonchev–Trinajstić information content (AvgIpc) is 3.62. The van der Waals surface area contributed by atoms with Gasteiger partial charge < -0.3 is 43.5 Å². The number of aryl methyl sites for hydroxylation is 1. The van der Waals surface area contributed by atoms with E-state index in [1.165, 1.54) is 10.8 Å². The van der Waals surface area contributed by atoms with E-state index in [1.54, 1.807) is 21.1 Å². The lowest BCUT2D eigenvalue weighted by molar-refractivity contribution is -0.266. The standard InChI is InChI=1S/C44H56N4O10/c1-28(2)48(29(3)4)43(55-22-21-45-6)58-37-23-40(47-24-30(5)41(51)46-42(47)52)57-39(37)27-56-44(33-13-9-31(25-49)10-14-33,35-17-19-36(53-7)20-18-35)34-15-11-32(12-16-34)38(26-50)54-8/h9-20,24,28-29,37-40,43,49-50H,21-23,25-27H2,1-5,7-8H3,(H,46,51,52). The Bertz CT molecular complexity index is 2000. The zero-order chi connectivity index (χ0) is 42.0. The van der Waals surface area contributed by atoms with Crippen molar-refractivity contribution in [2.24, 2.45) is 0 Å². The Kier molecular flexibility index (Phi) is 15.6. The summed E-state index contributed by atoms with van der Waals surface area (Å²) in [5, 5.41) is 20.0. The molecule has 0 spiro atoms. The van der Waals surface area contributed by atoms with Crippen LogP contribution < -0.4 is 16.0 Å². The Labute approximate surface area is 339 Å². The number of methoxy groups -OCH3 is 2. The Morgan fingerprint density at radius 1 is 0.948 bits per heavy atom. The quantitative estimate of drug-likeness (QED) is 0.0476. The highest BCUT2D eigenvalue weighted by atomic mass is 16.7. The van der Waals surface area contributed by atoms with Crippen molar-refractivity contribution in [1.29, 1.82) is 0 Å². The van der Waals surface area contributed by atoms with Gasteiger partial charge in [0.1, 0.15) is 36.4 Å². The largest absolute Gasteiger partial charge is 0.497 e. The van der Waals surface area contributed by atoms with Crippen LogP contribution in [0.3, 0.4) is 0 Å². The lowest BCUT2D eigenvalue weighted by atomic mass is 9.79. The third-order valence-corrected chi connectivity index (χ3v) is 10.5. The Balaban J connectivity index is 1.65. The fourth-order valence-electron chi connectivity index (χ4n) is 7.47. The van der Waals surface area contributed by atoms with Crippen LogP contribution in [0.1, 0.15) is 79.8 Å². The van der Waals surface area contributed by atoms with Gasteiger partial charge in [-0.25, -0.2) is 11.4 Å². The number of nitrogens with zero attached hydrogens (tertiary/aromatic N) is 3. The van der Waals surface area contributed by atoms with Crippen LogP contribution >= 0.6 is 0 Å². The van der Waals surface area contributed by atoms with E-state index in [0.717, 1.165) is 27.8 Å². The smallest absolute Gasteiger partial charge is 0.330 e. The number of aliphatic hydroxyl groups excluding tert-OH is 2. The van der Waals surface area contributed by atoms with Crippen LogP contribution in [0.4, 0.5) is 0 Å². The average molecular weight is 801 g/mol. The number of ether oxygens (including phenoxy) is 6. The number of hydrogen-bond donors (Lipinski definition) is 3. The number of benzene rings is 3. The number of aliphatic hydroxyl groups is 2. The Morgan fingerprint density at radius 2 is 1.55 bits per heavy atom. The van der Waals surface area contributed by atoms with E-state index >= 15 is 0 Å². The highest BCUT2D eigenvalue weighted by Crippen LogP contribution is 2.43. The van der Waals surface area contributed by atoms with Crippen molar-refractivity contribution < 1.29 is 38.6 Å². The zero-order valence-electron chi connectivity index (χ0n) is 34.3. The minimum absolute atomic E-state index is 0.00588. The second-order valence-corrected chi connectivity index (χ2v) is 14.8. The molecule has 0 radical (unpaired) electrons. The summed E-state index contributed by atoms with van der Waals surface area (Å²) in [4.78, 5) is 33.5. The van der Waals surface area contributed by atoms with E-state index in [9.17, 15) is 19.8 Å². The van der Waals surface area contributed by atoms with Gasteiger partial charge in [0.15, 0.2) is 0 Å². The van der Waals surface area contributed by atoms with Crippen molar-refractivity contribution in [3.05, 3.63) is 145 Å². The number of nitrogens with one attached hydrogen (secondary N) is 1. The van der Waals surface area contributed by atoms with Crippen LogP contribution in [0.5, 0.6) is 5.75 Å². The summed E-state index contributed by atoms with van der Waals surface area (Å²) in [5.41, 5.74) is 1.70. The van der Waals surface area contributed by atoms with Gasteiger partial charge in [-0.15, -0.1) is 0 Å². The summed E-state index contributed by atoms with van der Waals surface area (Å²) in [6.07, 6.45) is -2.01. The Morgan fingerprint density at radius 3 is 2.09 bits per heavy atom. The Hall–Kier alpha value is -4.69. The molecule has 3 N–H and O–H groups in total. The van der Waals surface area contributed by atoms with Gasteiger partial charge in [0.25, 0.3) is 5.56 Å². The molecule has 3 aromatic carbocycles. The molecule has 312 valence electrons. The van der Waals surface area contributed by atoms with E-state index in [0.29, 0.717) is 11.3 Å². The second-order valence-electron chi connectivity index (χ2n) is 14.8. The first-order valence-corrected chi connectivity index (χ1v) is 19.5. The summed E-state index contributed by atoms with van der Waals surface area (Å²) in [6.45, 7) is 17.0. The number of hydrogen-bond acceptors (Lipinski definition) is 11. The first kappa shape index (κ1) is 44.4. The molecule has 1 saturated heterocycles. The molecule has 0 aliphatic carbocycles. The summed E-state index contributed by atoms with van der Waals surface area (Å²) in [7, 11) is 3.14. The van der Waals surface area contributed by atoms with Crippen LogP contribution in [0.15, 0.2) is 88.6 Å². The molecule has 14 nitrogen and oxygen atoms in total. The molecule has 0 saturated carbocycles. The molecular formula is C44H56N4O10. The van der Waals surface area contributed by atoms with Crippen LogP contribution in [-0.4, -0.2) is 96.0 Å². The molecule has 1 aliphatic rings. The minimum Gasteiger partial charge on any atom is -0.497 e. The summed E-state index contributed by atoms with van der Waals surface area (Å²) in [5.74, 6) is 0.649. The minimum atomic E-state index is -1.29. The topological polar surface area (TPSA) is 158 Å². The van der Waals surface area contributed by atoms with Gasteiger partial charge in [-0.3, -0.25) is 19.2 Å². The van der Waals surface area contributed by atoms with Crippen LogP contribution in [-0.2, 0) is 35.9 Å². The van der Waals surface area contributed by atoms with E-state index in [1.807, 2.05) is 100 Å². The van der Waals surface area contributed by atoms with E-state index in [4.69, 9.17) is 35.0 Å². The summed E-state index contributed by atoms with van der Waals surface area (Å²) < 4.78 is 39.4. The van der Waals surface area contributed by atoms with Crippen LogP contribution in [0.2, 0.25) is 0 Å². The molecule has 1 fully saturated rings. The molecule has 1 aromatic heterocycles. The normalized spacial score (nSPS) is 19.0. The van der Waals surface area contributed by atoms with Gasteiger partial charge >= 0.3 is 5.69 Å². The van der Waals surface area contributed by atoms with Crippen molar-refractivity contribution in [2.45, 2.75) is 96.3 Å². The van der Waals surface area contributed by atoms with Gasteiger partial charge in [0, 0.05) is 37.4 Å². The van der Waals surface area contributed by atoms with Gasteiger partial charge in [0.05, 0.1) is 33.0 Å². The fraction of sp³-hybridized carbons (Fsp3) is 0.477. The molecule has 4 aromatic rings. The zero-order valence-corrected chi connectivity index (χ0v) is 34.3. The number of aromatic nitrogens is 2. The lowest BCUT2D eigenvalue weighted by Crippen LogP contribution is -2.50. The third kappa shape index (κ3) is 9.94. The van der Waals surface area contributed by atoms with Crippen molar-refractivity contribution in [3.63, 3.8) is 0 Å². The monoisotopic (exact) mass is 800 g/mol. The maximum Gasteiger partial charge on any atom is 0.330 e. The predicted molar refractivity (Wildman–Crippen MR) is 217 cm³/mol. The molecule has 5 rings (SSSR count). The molecule has 1 aliphatic heterocycles. The highest BCUT2D eigenvalue weighted by molar-refractivity contribution is 5.50. The third-order valence-electron chi connectivity index (χ3n) is 10.5. The van der Waals surface area contributed by atoms with Crippen molar-refractivity contribution in [3.8, 4) is 5.75 Å². The SMILES string of the molecule is [C-]#[N+]CCOC(OC1CC(n2cc(C)c(=O)[nH]c2=O)OC1COC(c1ccc(CO)cc1)(c1ccc(OC)cc1)c1ccc(C(CO)OC)cc1)N(C(C)C)C(C)C. The lowest BCUT2D eigenvalue weighted by Gasteiger charge is -2.39. The van der Waals surface area contributed by atoms with Gasteiger partial charge in [-0.05, 0) is 74.6 Å². The van der Waals surface area contributed by atoms with Crippen molar-refractivity contribution in [2.75, 3.05) is 40.6 Å². The van der Waals surface area contributed by atoms with Crippen molar-refractivity contribution >= 4 is 0 Å². The maximum atomic E-state index is 13.2. The first-order chi connectivity index (χ1) is 27.9. The fourth-order valence-corrected chi connectivity index (χ4v) is 7.47. The van der Waals surface area contributed by atoms with E-state index in [2.05, 4.69) is 14.7 Å². The molecule has 2 heterocycles. The van der Waals surface area contributed by atoms with E-state index < -0.39 is 47.8 Å². The molecular weight excluding hydrogens is 745 g/mol. The van der Waals surface area contributed by atoms with Gasteiger partial charge in [-0.2, -0.15) is 0 Å². The molecule has 14 heteroatoms. The molecule has 0 amide bonds. The first-order valence-electron chi connectivity index (χ1n) is 19.5. The summed E-state index contributed by atoms with van der Waals surface area (Å²) >= 11 is 0. The molecule has 6 atom stereocenters. The molecule has 0 bridgehead atoms. The number of aromatic amines is 1. The van der Waals surface area contributed by atoms with Gasteiger partial charge in [-0.1, -0.05) is 60.7 Å². The van der Waals surface area contributed by atoms with E-state index in [-0.39, 0.29) is 51.5 Å². The molecule has 58 heavy (non-hydrogen) atoms.